The number of rotatable bonds is 3. The summed E-state index contributed by atoms with van der Waals surface area (Å²) in [5, 5.41) is 8.68. The van der Waals surface area contributed by atoms with E-state index in [0.29, 0.717) is 5.56 Å². The molecule has 1 aromatic rings. The predicted molar refractivity (Wildman–Crippen MR) is 63.5 cm³/mol. The van der Waals surface area contributed by atoms with E-state index in [9.17, 15) is 8.42 Å². The molecule has 0 aliphatic heterocycles. The van der Waals surface area contributed by atoms with Gasteiger partial charge in [-0.25, -0.2) is 13.1 Å². The normalized spacial score (nSPS) is 17.4. The zero-order valence-electron chi connectivity index (χ0n) is 9.40. The second kappa shape index (κ2) is 3.72. The Balaban J connectivity index is 2.37. The molecule has 0 saturated heterocycles. The SMILES string of the molecule is CC1(NS(=O)(=O)c2ccc(C#N)cc2N)CC1. The maximum atomic E-state index is 12.0. The van der Waals surface area contributed by atoms with Gasteiger partial charge in [0.05, 0.1) is 17.3 Å². The second-order valence-electron chi connectivity index (χ2n) is 4.53. The molecule has 17 heavy (non-hydrogen) atoms. The summed E-state index contributed by atoms with van der Waals surface area (Å²) in [5.74, 6) is 0. The molecule has 90 valence electrons. The van der Waals surface area contributed by atoms with E-state index in [1.807, 2.05) is 13.0 Å². The van der Waals surface area contributed by atoms with E-state index in [-0.39, 0.29) is 16.1 Å². The van der Waals surface area contributed by atoms with Crippen LogP contribution in [0.5, 0.6) is 0 Å². The molecule has 6 heteroatoms. The number of anilines is 1. The Kier molecular flexibility index (Phi) is 2.60. The first-order valence-corrected chi connectivity index (χ1v) is 6.68. The second-order valence-corrected chi connectivity index (χ2v) is 6.18. The van der Waals surface area contributed by atoms with Gasteiger partial charge in [-0.2, -0.15) is 5.26 Å². The number of hydrogen-bond acceptors (Lipinski definition) is 4. The molecule has 1 aromatic carbocycles. The quantitative estimate of drug-likeness (QED) is 0.782. The highest BCUT2D eigenvalue weighted by Gasteiger charge is 2.41. The van der Waals surface area contributed by atoms with Crippen LogP contribution >= 0.6 is 0 Å². The van der Waals surface area contributed by atoms with E-state index in [0.717, 1.165) is 12.8 Å². The first kappa shape index (κ1) is 11.9. The van der Waals surface area contributed by atoms with Crippen LogP contribution in [0.15, 0.2) is 23.1 Å². The Labute approximate surface area is 100 Å². The average molecular weight is 251 g/mol. The number of hydrogen-bond donors (Lipinski definition) is 2. The highest BCUT2D eigenvalue weighted by atomic mass is 32.2. The Morgan fingerprint density at radius 2 is 2.12 bits per heavy atom. The van der Waals surface area contributed by atoms with E-state index >= 15 is 0 Å². The number of nitriles is 1. The van der Waals surface area contributed by atoms with Crippen LogP contribution in [0, 0.1) is 11.3 Å². The van der Waals surface area contributed by atoms with Crippen LogP contribution in [0.3, 0.4) is 0 Å². The first-order valence-electron chi connectivity index (χ1n) is 5.20. The molecule has 0 bridgehead atoms. The number of benzene rings is 1. The summed E-state index contributed by atoms with van der Waals surface area (Å²) in [6.07, 6.45) is 1.67. The topological polar surface area (TPSA) is 96.0 Å². The molecule has 0 heterocycles. The van der Waals surface area contributed by atoms with Gasteiger partial charge in [0.15, 0.2) is 0 Å². The predicted octanol–water partition coefficient (Wildman–Crippen LogP) is 0.971. The van der Waals surface area contributed by atoms with Crippen molar-refractivity contribution >= 4 is 15.7 Å². The smallest absolute Gasteiger partial charge is 0.243 e. The van der Waals surface area contributed by atoms with Crippen LogP contribution in [-0.2, 0) is 10.0 Å². The zero-order chi connectivity index (χ0) is 12.7. The van der Waals surface area contributed by atoms with Gasteiger partial charge in [0.25, 0.3) is 0 Å². The van der Waals surface area contributed by atoms with Crippen molar-refractivity contribution in [1.82, 2.24) is 4.72 Å². The van der Waals surface area contributed by atoms with Gasteiger partial charge < -0.3 is 5.73 Å². The number of sulfonamides is 1. The van der Waals surface area contributed by atoms with Gasteiger partial charge in [-0.3, -0.25) is 0 Å². The molecule has 1 saturated carbocycles. The summed E-state index contributed by atoms with van der Waals surface area (Å²) >= 11 is 0. The van der Waals surface area contributed by atoms with E-state index in [4.69, 9.17) is 11.0 Å². The van der Waals surface area contributed by atoms with Gasteiger partial charge in [-0.15, -0.1) is 0 Å². The number of nitrogens with two attached hydrogens (primary N) is 1. The molecule has 0 unspecified atom stereocenters. The third kappa shape index (κ3) is 2.40. The molecule has 2 rings (SSSR count). The number of nitrogen functional groups attached to an aromatic ring is 1. The molecule has 3 N–H and O–H groups in total. The lowest BCUT2D eigenvalue weighted by Crippen LogP contribution is -2.34. The van der Waals surface area contributed by atoms with Crippen molar-refractivity contribution in [3.05, 3.63) is 23.8 Å². The van der Waals surface area contributed by atoms with Crippen molar-refractivity contribution < 1.29 is 8.42 Å². The Morgan fingerprint density at radius 1 is 1.47 bits per heavy atom. The summed E-state index contributed by atoms with van der Waals surface area (Å²) in [5.41, 5.74) is 5.76. The van der Waals surface area contributed by atoms with Gasteiger partial charge in [0.2, 0.25) is 10.0 Å². The fraction of sp³-hybridized carbons (Fsp3) is 0.364. The summed E-state index contributed by atoms with van der Waals surface area (Å²) in [4.78, 5) is 0.0321. The van der Waals surface area contributed by atoms with Gasteiger partial charge in [-0.05, 0) is 38.0 Å². The minimum Gasteiger partial charge on any atom is -0.398 e. The number of nitrogens with one attached hydrogen (secondary N) is 1. The third-order valence-corrected chi connectivity index (χ3v) is 4.52. The summed E-state index contributed by atoms with van der Waals surface area (Å²) in [6.45, 7) is 1.85. The van der Waals surface area contributed by atoms with E-state index < -0.39 is 10.0 Å². The maximum absolute atomic E-state index is 12.0. The third-order valence-electron chi connectivity index (χ3n) is 2.81. The van der Waals surface area contributed by atoms with Gasteiger partial charge in [0, 0.05) is 5.54 Å². The molecule has 0 aromatic heterocycles. The molecular weight excluding hydrogens is 238 g/mol. The first-order chi connectivity index (χ1) is 7.86. The monoisotopic (exact) mass is 251 g/mol. The fourth-order valence-electron chi connectivity index (χ4n) is 1.53. The number of nitrogens with zero attached hydrogens (tertiary/aromatic N) is 1. The van der Waals surface area contributed by atoms with Gasteiger partial charge in [0.1, 0.15) is 4.90 Å². The van der Waals surface area contributed by atoms with Gasteiger partial charge >= 0.3 is 0 Å². The Bertz CT molecular complexity index is 598. The van der Waals surface area contributed by atoms with Gasteiger partial charge in [-0.1, -0.05) is 0 Å². The molecule has 1 aliphatic carbocycles. The standard InChI is InChI=1S/C11H13N3O2S/c1-11(4-5-11)14-17(15,16)10-3-2-8(7-12)6-9(10)13/h2-3,6,14H,4-5,13H2,1H3. The van der Waals surface area contributed by atoms with Crippen molar-refractivity contribution in [3.63, 3.8) is 0 Å². The molecule has 0 amide bonds. The van der Waals surface area contributed by atoms with Crippen LogP contribution in [-0.4, -0.2) is 14.0 Å². The lowest BCUT2D eigenvalue weighted by Gasteiger charge is -2.13. The molecule has 0 spiro atoms. The minimum atomic E-state index is -3.60. The molecule has 5 nitrogen and oxygen atoms in total. The highest BCUT2D eigenvalue weighted by molar-refractivity contribution is 7.89. The van der Waals surface area contributed by atoms with E-state index in [2.05, 4.69) is 4.72 Å². The maximum Gasteiger partial charge on any atom is 0.243 e. The van der Waals surface area contributed by atoms with E-state index in [1.165, 1.54) is 18.2 Å². The van der Waals surface area contributed by atoms with Crippen molar-refractivity contribution in [1.29, 1.82) is 5.26 Å². The minimum absolute atomic E-state index is 0.0321. The van der Waals surface area contributed by atoms with Crippen LogP contribution in [0.2, 0.25) is 0 Å². The van der Waals surface area contributed by atoms with Crippen molar-refractivity contribution in [3.8, 4) is 6.07 Å². The van der Waals surface area contributed by atoms with Crippen molar-refractivity contribution in [2.45, 2.75) is 30.2 Å². The van der Waals surface area contributed by atoms with Crippen molar-refractivity contribution in [2.75, 3.05) is 5.73 Å². The Hall–Kier alpha value is -1.58. The molecule has 0 radical (unpaired) electrons. The summed E-state index contributed by atoms with van der Waals surface area (Å²) in [6, 6.07) is 6.08. The fourth-order valence-corrected chi connectivity index (χ4v) is 3.11. The Morgan fingerprint density at radius 3 is 2.59 bits per heavy atom. The van der Waals surface area contributed by atoms with Crippen molar-refractivity contribution in [2.24, 2.45) is 0 Å². The molecular formula is C11H13N3O2S. The average Bonchev–Trinajstić information content (AvgIpc) is 2.94. The lowest BCUT2D eigenvalue weighted by atomic mass is 10.2. The molecule has 1 aliphatic rings. The van der Waals surface area contributed by atoms with Crippen LogP contribution in [0.1, 0.15) is 25.3 Å². The summed E-state index contributed by atoms with van der Waals surface area (Å²) < 4.78 is 26.7. The zero-order valence-corrected chi connectivity index (χ0v) is 10.2. The lowest BCUT2D eigenvalue weighted by molar-refractivity contribution is 0.558. The highest BCUT2D eigenvalue weighted by Crippen LogP contribution is 2.36. The molecule has 1 fully saturated rings. The molecule has 0 atom stereocenters. The largest absolute Gasteiger partial charge is 0.398 e. The summed E-state index contributed by atoms with van der Waals surface area (Å²) in [7, 11) is -3.60. The van der Waals surface area contributed by atoms with E-state index in [1.54, 1.807) is 0 Å². The van der Waals surface area contributed by atoms with Crippen LogP contribution in [0.25, 0.3) is 0 Å². The van der Waals surface area contributed by atoms with Crippen LogP contribution < -0.4 is 10.5 Å². The van der Waals surface area contributed by atoms with Crippen LogP contribution in [0.4, 0.5) is 5.69 Å².